The minimum atomic E-state index is -0.396. The standard InChI is InChI=1S/C22H22N4OS/c1-3-20(21(27)25-18-7-5-4-6-15(18)12-23)28-22-17(13-24)11-16-10-14(2)8-9-19(16)26-22/h4-7,11,14,20H,3,8-10H2,1-2H3,(H,25,27). The average Bonchev–Trinajstić information content (AvgIpc) is 2.71. The van der Waals surface area contributed by atoms with E-state index in [1.54, 1.807) is 24.3 Å². The van der Waals surface area contributed by atoms with Crippen LogP contribution in [0.4, 0.5) is 5.69 Å². The fourth-order valence-corrected chi connectivity index (χ4v) is 4.35. The van der Waals surface area contributed by atoms with Crippen LogP contribution in [0, 0.1) is 28.6 Å². The zero-order chi connectivity index (χ0) is 20.1. The number of rotatable bonds is 5. The van der Waals surface area contributed by atoms with Gasteiger partial charge in [0.15, 0.2) is 0 Å². The lowest BCUT2D eigenvalue weighted by molar-refractivity contribution is -0.115. The maximum Gasteiger partial charge on any atom is 0.237 e. The van der Waals surface area contributed by atoms with Crippen molar-refractivity contribution in [3.05, 3.63) is 52.7 Å². The summed E-state index contributed by atoms with van der Waals surface area (Å²) in [4.78, 5) is 17.5. The van der Waals surface area contributed by atoms with Gasteiger partial charge in [-0.05, 0) is 55.4 Å². The smallest absolute Gasteiger partial charge is 0.237 e. The van der Waals surface area contributed by atoms with Gasteiger partial charge in [-0.15, -0.1) is 0 Å². The zero-order valence-corrected chi connectivity index (χ0v) is 16.8. The number of nitriles is 2. The van der Waals surface area contributed by atoms with Gasteiger partial charge in [0.2, 0.25) is 5.91 Å². The number of hydrogen-bond donors (Lipinski definition) is 1. The van der Waals surface area contributed by atoms with Gasteiger partial charge in [-0.2, -0.15) is 10.5 Å². The number of nitrogens with zero attached hydrogens (tertiary/aromatic N) is 3. The van der Waals surface area contributed by atoms with E-state index in [9.17, 15) is 15.3 Å². The molecule has 5 nitrogen and oxygen atoms in total. The van der Waals surface area contributed by atoms with Crippen LogP contribution in [0.25, 0.3) is 0 Å². The van der Waals surface area contributed by atoms with Crippen LogP contribution in [-0.2, 0) is 17.6 Å². The fraction of sp³-hybridized carbons (Fsp3) is 0.364. The van der Waals surface area contributed by atoms with Gasteiger partial charge in [-0.3, -0.25) is 4.79 Å². The lowest BCUT2D eigenvalue weighted by atomic mass is 9.87. The van der Waals surface area contributed by atoms with Crippen LogP contribution >= 0.6 is 11.8 Å². The molecule has 1 N–H and O–H groups in total. The molecule has 1 aliphatic carbocycles. The van der Waals surface area contributed by atoms with Crippen molar-refractivity contribution in [1.29, 1.82) is 10.5 Å². The Kier molecular flexibility index (Phi) is 6.34. The van der Waals surface area contributed by atoms with Crippen molar-refractivity contribution < 1.29 is 4.79 Å². The Labute approximate surface area is 169 Å². The van der Waals surface area contributed by atoms with Crippen molar-refractivity contribution in [1.82, 2.24) is 4.98 Å². The molecule has 0 aliphatic heterocycles. The number of hydrogen-bond acceptors (Lipinski definition) is 5. The topological polar surface area (TPSA) is 89.6 Å². The first-order chi connectivity index (χ1) is 13.5. The Morgan fingerprint density at radius 3 is 2.79 bits per heavy atom. The Morgan fingerprint density at radius 2 is 2.07 bits per heavy atom. The third-order valence-corrected chi connectivity index (χ3v) is 6.31. The van der Waals surface area contributed by atoms with Crippen molar-refractivity contribution in [2.45, 2.75) is 49.8 Å². The van der Waals surface area contributed by atoms with Crippen LogP contribution in [-0.4, -0.2) is 16.1 Å². The molecule has 1 aromatic carbocycles. The van der Waals surface area contributed by atoms with Crippen LogP contribution in [0.3, 0.4) is 0 Å². The second-order valence-corrected chi connectivity index (χ2v) is 8.26. The summed E-state index contributed by atoms with van der Waals surface area (Å²) in [6, 6.07) is 13.2. The quantitative estimate of drug-likeness (QED) is 0.761. The number of aryl methyl sites for hydroxylation is 1. The zero-order valence-electron chi connectivity index (χ0n) is 16.0. The highest BCUT2D eigenvalue weighted by Crippen LogP contribution is 2.32. The van der Waals surface area contributed by atoms with E-state index < -0.39 is 5.25 Å². The minimum absolute atomic E-state index is 0.188. The van der Waals surface area contributed by atoms with E-state index in [0.29, 0.717) is 34.2 Å². The number of fused-ring (bicyclic) bond motifs is 1. The Morgan fingerprint density at radius 1 is 1.32 bits per heavy atom. The second-order valence-electron chi connectivity index (χ2n) is 7.07. The maximum atomic E-state index is 12.8. The highest BCUT2D eigenvalue weighted by molar-refractivity contribution is 8.00. The van der Waals surface area contributed by atoms with Gasteiger partial charge in [0.05, 0.1) is 22.1 Å². The summed E-state index contributed by atoms with van der Waals surface area (Å²) in [7, 11) is 0. The molecule has 1 heterocycles. The molecule has 0 radical (unpaired) electrons. The van der Waals surface area contributed by atoms with Crippen molar-refractivity contribution in [3.63, 3.8) is 0 Å². The van der Waals surface area contributed by atoms with E-state index in [-0.39, 0.29) is 5.91 Å². The summed E-state index contributed by atoms with van der Waals surface area (Å²) in [5.74, 6) is 0.418. The van der Waals surface area contributed by atoms with Gasteiger partial charge in [0.1, 0.15) is 17.2 Å². The number of benzene rings is 1. The molecule has 0 spiro atoms. The summed E-state index contributed by atoms with van der Waals surface area (Å²) in [5, 5.41) is 21.8. The third kappa shape index (κ3) is 4.35. The van der Waals surface area contributed by atoms with E-state index in [1.807, 2.05) is 13.0 Å². The molecule has 0 saturated carbocycles. The van der Waals surface area contributed by atoms with E-state index in [4.69, 9.17) is 4.98 Å². The van der Waals surface area contributed by atoms with Crippen molar-refractivity contribution in [2.24, 2.45) is 5.92 Å². The lowest BCUT2D eigenvalue weighted by Crippen LogP contribution is -2.25. The predicted octanol–water partition coefficient (Wildman–Crippen LogP) is 4.46. The molecule has 28 heavy (non-hydrogen) atoms. The molecule has 0 saturated heterocycles. The number of carbonyl (C=O) groups excluding carboxylic acids is 1. The lowest BCUT2D eigenvalue weighted by Gasteiger charge is -2.22. The number of anilines is 1. The largest absolute Gasteiger partial charge is 0.324 e. The van der Waals surface area contributed by atoms with Gasteiger partial charge < -0.3 is 5.32 Å². The summed E-state index contributed by atoms with van der Waals surface area (Å²) >= 11 is 1.33. The molecule has 1 aliphatic rings. The van der Waals surface area contributed by atoms with Crippen molar-refractivity contribution in [2.75, 3.05) is 5.32 Å². The Hall–Kier alpha value is -2.83. The number of carbonyl (C=O) groups is 1. The highest BCUT2D eigenvalue weighted by atomic mass is 32.2. The van der Waals surface area contributed by atoms with Crippen LogP contribution in [0.5, 0.6) is 0 Å². The van der Waals surface area contributed by atoms with Crippen LogP contribution in [0.2, 0.25) is 0 Å². The van der Waals surface area contributed by atoms with Crippen LogP contribution < -0.4 is 5.32 Å². The summed E-state index contributed by atoms with van der Waals surface area (Å²) in [5.41, 5.74) is 3.66. The first kappa shape index (κ1) is 19.9. The first-order valence-electron chi connectivity index (χ1n) is 9.45. The van der Waals surface area contributed by atoms with E-state index in [1.165, 1.54) is 11.8 Å². The van der Waals surface area contributed by atoms with Gasteiger partial charge >= 0.3 is 0 Å². The molecular formula is C22H22N4OS. The average molecular weight is 391 g/mol. The number of aromatic nitrogens is 1. The van der Waals surface area contributed by atoms with Crippen molar-refractivity contribution >= 4 is 23.4 Å². The summed E-state index contributed by atoms with van der Waals surface area (Å²) < 4.78 is 0. The molecule has 0 fully saturated rings. The van der Waals surface area contributed by atoms with Gasteiger partial charge in [-0.25, -0.2) is 4.98 Å². The van der Waals surface area contributed by atoms with Gasteiger partial charge in [0.25, 0.3) is 0 Å². The molecule has 1 aromatic heterocycles. The third-order valence-electron chi connectivity index (χ3n) is 4.94. The summed E-state index contributed by atoms with van der Waals surface area (Å²) in [6.07, 6.45) is 3.55. The number of pyridine rings is 1. The van der Waals surface area contributed by atoms with E-state index in [2.05, 4.69) is 24.4 Å². The molecule has 2 atom stereocenters. The Bertz CT molecular complexity index is 973. The van der Waals surface area contributed by atoms with E-state index >= 15 is 0 Å². The molecule has 142 valence electrons. The number of thioether (sulfide) groups is 1. The van der Waals surface area contributed by atoms with Crippen LogP contribution in [0.1, 0.15) is 49.1 Å². The van der Waals surface area contributed by atoms with E-state index in [0.717, 1.165) is 30.5 Å². The number of nitrogens with one attached hydrogen (secondary N) is 1. The molecule has 6 heteroatoms. The molecule has 3 rings (SSSR count). The molecule has 2 aromatic rings. The Balaban J connectivity index is 1.82. The molecule has 2 unspecified atom stereocenters. The van der Waals surface area contributed by atoms with Gasteiger partial charge in [-0.1, -0.05) is 37.7 Å². The minimum Gasteiger partial charge on any atom is -0.324 e. The fourth-order valence-electron chi connectivity index (χ4n) is 3.36. The monoisotopic (exact) mass is 390 g/mol. The predicted molar refractivity (Wildman–Crippen MR) is 110 cm³/mol. The van der Waals surface area contributed by atoms with Crippen molar-refractivity contribution in [3.8, 4) is 12.1 Å². The number of amides is 1. The molecular weight excluding hydrogens is 368 g/mol. The molecule has 0 bridgehead atoms. The maximum absolute atomic E-state index is 12.8. The normalized spacial score (nSPS) is 16.4. The highest BCUT2D eigenvalue weighted by Gasteiger charge is 2.24. The first-order valence-corrected chi connectivity index (χ1v) is 10.3. The second kappa shape index (κ2) is 8.91. The molecule has 1 amide bonds. The van der Waals surface area contributed by atoms with Crippen LogP contribution in [0.15, 0.2) is 35.4 Å². The van der Waals surface area contributed by atoms with Gasteiger partial charge in [0, 0.05) is 5.69 Å². The SMILES string of the molecule is CCC(Sc1nc2c(cc1C#N)CC(C)CC2)C(=O)Nc1ccccc1C#N. The summed E-state index contributed by atoms with van der Waals surface area (Å²) in [6.45, 7) is 4.15. The number of para-hydroxylation sites is 1.